The van der Waals surface area contributed by atoms with Crippen LogP contribution in [-0.4, -0.2) is 40.8 Å². The zero-order valence-electron chi connectivity index (χ0n) is 12.1. The monoisotopic (exact) mass is 266 g/mol. The molecule has 0 bridgehead atoms. The standard InChI is InChI=1S/C15H26N2O2/c1-10-4-3-5-13(11(10)2)16-14(18)17-8-15(19,9-17)12-6-7-12/h10-13,19H,3-9H2,1-2H3,(H,16,18)/t10-,11+,13+/m1/s1. The Labute approximate surface area is 115 Å². The molecule has 4 nitrogen and oxygen atoms in total. The number of likely N-dealkylation sites (tertiary alicyclic amines) is 1. The van der Waals surface area contributed by atoms with Gasteiger partial charge in [0.15, 0.2) is 0 Å². The number of β-amino-alcohol motifs (C(OH)–C–C–N with tert-alkyl or cyclic N) is 1. The molecule has 3 aliphatic rings. The van der Waals surface area contributed by atoms with Gasteiger partial charge >= 0.3 is 6.03 Å². The zero-order chi connectivity index (χ0) is 13.6. The maximum Gasteiger partial charge on any atom is 0.317 e. The Hall–Kier alpha value is -0.770. The molecule has 2 N–H and O–H groups in total. The van der Waals surface area contributed by atoms with Crippen molar-refractivity contribution >= 4 is 6.03 Å². The predicted molar refractivity (Wildman–Crippen MR) is 73.7 cm³/mol. The fourth-order valence-corrected chi connectivity index (χ4v) is 3.67. The highest BCUT2D eigenvalue weighted by Crippen LogP contribution is 2.44. The first-order valence-electron chi connectivity index (χ1n) is 7.77. The number of nitrogens with zero attached hydrogens (tertiary/aromatic N) is 1. The summed E-state index contributed by atoms with van der Waals surface area (Å²) in [5.74, 6) is 1.70. The van der Waals surface area contributed by atoms with E-state index in [0.717, 1.165) is 19.3 Å². The number of carbonyl (C=O) groups excluding carboxylic acids is 1. The number of hydrogen-bond donors (Lipinski definition) is 2. The molecule has 0 unspecified atom stereocenters. The van der Waals surface area contributed by atoms with Gasteiger partial charge in [0.2, 0.25) is 0 Å². The minimum Gasteiger partial charge on any atom is -0.386 e. The van der Waals surface area contributed by atoms with Crippen LogP contribution < -0.4 is 5.32 Å². The van der Waals surface area contributed by atoms with Crippen molar-refractivity contribution in [1.29, 1.82) is 0 Å². The van der Waals surface area contributed by atoms with Gasteiger partial charge in [0.05, 0.1) is 13.1 Å². The highest BCUT2D eigenvalue weighted by Gasteiger charge is 2.53. The van der Waals surface area contributed by atoms with Gasteiger partial charge in [-0.15, -0.1) is 0 Å². The van der Waals surface area contributed by atoms with Crippen LogP contribution in [0.1, 0.15) is 46.0 Å². The Kier molecular flexibility index (Phi) is 3.24. The summed E-state index contributed by atoms with van der Waals surface area (Å²) < 4.78 is 0. The lowest BCUT2D eigenvalue weighted by Gasteiger charge is -2.47. The van der Waals surface area contributed by atoms with E-state index in [9.17, 15) is 9.90 Å². The van der Waals surface area contributed by atoms with Gasteiger partial charge in [0, 0.05) is 6.04 Å². The molecule has 0 spiro atoms. The van der Waals surface area contributed by atoms with Crippen molar-refractivity contribution in [1.82, 2.24) is 10.2 Å². The minimum atomic E-state index is -0.567. The fourth-order valence-electron chi connectivity index (χ4n) is 3.67. The van der Waals surface area contributed by atoms with Gasteiger partial charge in [-0.1, -0.05) is 26.7 Å². The topological polar surface area (TPSA) is 52.6 Å². The number of hydrogen-bond acceptors (Lipinski definition) is 2. The first kappa shape index (κ1) is 13.2. The lowest BCUT2D eigenvalue weighted by Crippen LogP contribution is -2.67. The van der Waals surface area contributed by atoms with Gasteiger partial charge in [-0.2, -0.15) is 0 Å². The molecule has 2 amide bonds. The van der Waals surface area contributed by atoms with E-state index >= 15 is 0 Å². The van der Waals surface area contributed by atoms with E-state index in [-0.39, 0.29) is 6.03 Å². The first-order chi connectivity index (χ1) is 8.99. The Morgan fingerprint density at radius 1 is 1.21 bits per heavy atom. The average molecular weight is 266 g/mol. The van der Waals surface area contributed by atoms with Crippen LogP contribution in [0.25, 0.3) is 0 Å². The highest BCUT2D eigenvalue weighted by molar-refractivity contribution is 5.76. The van der Waals surface area contributed by atoms with Crippen LogP contribution >= 0.6 is 0 Å². The maximum atomic E-state index is 12.2. The molecule has 19 heavy (non-hydrogen) atoms. The van der Waals surface area contributed by atoms with Crippen molar-refractivity contribution < 1.29 is 9.90 Å². The van der Waals surface area contributed by atoms with Gasteiger partial charge in [0.25, 0.3) is 0 Å². The molecule has 1 saturated heterocycles. The summed E-state index contributed by atoms with van der Waals surface area (Å²) in [5, 5.41) is 13.4. The molecule has 0 aromatic carbocycles. The van der Waals surface area contributed by atoms with E-state index in [1.54, 1.807) is 4.90 Å². The SMILES string of the molecule is C[C@H]1[C@H](C)CCC[C@@H]1NC(=O)N1CC(O)(C2CC2)C1. The van der Waals surface area contributed by atoms with Crippen molar-refractivity contribution in [3.05, 3.63) is 0 Å². The molecule has 2 saturated carbocycles. The third-order valence-electron chi connectivity index (χ3n) is 5.57. The van der Waals surface area contributed by atoms with E-state index in [1.807, 2.05) is 0 Å². The fraction of sp³-hybridized carbons (Fsp3) is 0.933. The number of urea groups is 1. The number of nitrogens with one attached hydrogen (secondary N) is 1. The molecule has 3 atom stereocenters. The molecule has 1 aliphatic heterocycles. The first-order valence-corrected chi connectivity index (χ1v) is 7.77. The second-order valence-corrected chi connectivity index (χ2v) is 7.06. The largest absolute Gasteiger partial charge is 0.386 e. The molecular formula is C15H26N2O2. The van der Waals surface area contributed by atoms with Crippen molar-refractivity contribution in [3.8, 4) is 0 Å². The molecule has 3 fully saturated rings. The van der Waals surface area contributed by atoms with E-state index in [1.165, 1.54) is 12.8 Å². The third kappa shape index (κ3) is 2.47. The normalized spacial score (nSPS) is 37.6. The van der Waals surface area contributed by atoms with Crippen LogP contribution in [0.5, 0.6) is 0 Å². The molecule has 2 aliphatic carbocycles. The Balaban J connectivity index is 1.49. The molecule has 0 aromatic rings. The van der Waals surface area contributed by atoms with Crippen LogP contribution in [0.15, 0.2) is 0 Å². The van der Waals surface area contributed by atoms with E-state index in [2.05, 4.69) is 19.2 Å². The summed E-state index contributed by atoms with van der Waals surface area (Å²) >= 11 is 0. The van der Waals surface area contributed by atoms with Crippen LogP contribution in [0.4, 0.5) is 4.79 Å². The number of rotatable bonds is 2. The maximum absolute atomic E-state index is 12.2. The van der Waals surface area contributed by atoms with Gasteiger partial charge in [-0.05, 0) is 37.0 Å². The number of carbonyl (C=O) groups is 1. The van der Waals surface area contributed by atoms with Crippen LogP contribution in [0.2, 0.25) is 0 Å². The summed E-state index contributed by atoms with van der Waals surface area (Å²) in [6.07, 6.45) is 5.84. The van der Waals surface area contributed by atoms with Crippen molar-refractivity contribution in [2.45, 2.75) is 57.6 Å². The average Bonchev–Trinajstić information content (AvgIpc) is 3.15. The second kappa shape index (κ2) is 4.65. The lowest BCUT2D eigenvalue weighted by molar-refractivity contribution is -0.0924. The third-order valence-corrected chi connectivity index (χ3v) is 5.57. The van der Waals surface area contributed by atoms with Gasteiger partial charge in [-0.3, -0.25) is 0 Å². The molecule has 0 radical (unpaired) electrons. The van der Waals surface area contributed by atoms with Gasteiger partial charge < -0.3 is 15.3 Å². The molecule has 108 valence electrons. The number of aliphatic hydroxyl groups is 1. The van der Waals surface area contributed by atoms with Crippen molar-refractivity contribution in [2.24, 2.45) is 17.8 Å². The molecule has 0 aromatic heterocycles. The predicted octanol–water partition coefficient (Wildman–Crippen LogP) is 1.98. The summed E-state index contributed by atoms with van der Waals surface area (Å²) in [7, 11) is 0. The van der Waals surface area contributed by atoms with Crippen LogP contribution in [0, 0.1) is 17.8 Å². The molecule has 3 rings (SSSR count). The van der Waals surface area contributed by atoms with Crippen LogP contribution in [-0.2, 0) is 0 Å². The number of amides is 2. The van der Waals surface area contributed by atoms with Crippen molar-refractivity contribution in [2.75, 3.05) is 13.1 Å². The van der Waals surface area contributed by atoms with Gasteiger partial charge in [-0.25, -0.2) is 4.79 Å². The summed E-state index contributed by atoms with van der Waals surface area (Å²) in [6, 6.07) is 0.335. The zero-order valence-corrected chi connectivity index (χ0v) is 12.1. The summed E-state index contributed by atoms with van der Waals surface area (Å²) in [5.41, 5.74) is -0.567. The Bertz CT molecular complexity index is 361. The van der Waals surface area contributed by atoms with E-state index in [4.69, 9.17) is 0 Å². The van der Waals surface area contributed by atoms with Crippen LogP contribution in [0.3, 0.4) is 0 Å². The summed E-state index contributed by atoms with van der Waals surface area (Å²) in [4.78, 5) is 13.9. The van der Waals surface area contributed by atoms with E-state index in [0.29, 0.717) is 36.9 Å². The van der Waals surface area contributed by atoms with Gasteiger partial charge in [0.1, 0.15) is 5.60 Å². The quantitative estimate of drug-likeness (QED) is 0.803. The molecular weight excluding hydrogens is 240 g/mol. The van der Waals surface area contributed by atoms with Crippen molar-refractivity contribution in [3.63, 3.8) is 0 Å². The second-order valence-electron chi connectivity index (χ2n) is 7.06. The molecule has 1 heterocycles. The molecule has 4 heteroatoms. The lowest BCUT2D eigenvalue weighted by atomic mass is 9.78. The van der Waals surface area contributed by atoms with E-state index < -0.39 is 5.60 Å². The Morgan fingerprint density at radius 3 is 2.53 bits per heavy atom. The minimum absolute atomic E-state index is 0.0243. The summed E-state index contributed by atoms with van der Waals surface area (Å²) in [6.45, 7) is 5.57. The smallest absolute Gasteiger partial charge is 0.317 e. The Morgan fingerprint density at radius 2 is 1.89 bits per heavy atom. The highest BCUT2D eigenvalue weighted by atomic mass is 16.3.